The lowest BCUT2D eigenvalue weighted by Gasteiger charge is -2.27. The van der Waals surface area contributed by atoms with Crippen LogP contribution in [0.5, 0.6) is 69.0 Å². The van der Waals surface area contributed by atoms with Crippen molar-refractivity contribution in [1.82, 2.24) is 9.97 Å². The van der Waals surface area contributed by atoms with E-state index in [9.17, 15) is 38.4 Å². The van der Waals surface area contributed by atoms with Gasteiger partial charge < -0.3 is 107 Å². The first-order chi connectivity index (χ1) is 69.2. The highest BCUT2D eigenvalue weighted by atomic mass is 32.1. The highest BCUT2D eigenvalue weighted by Crippen LogP contribution is 2.39. The normalized spacial score (nSPS) is 16.7. The lowest BCUT2D eigenvalue weighted by molar-refractivity contribution is -0.146. The number of fused-ring (bicyclic) bond motifs is 2. The third-order valence-corrected chi connectivity index (χ3v) is 25.7. The summed E-state index contributed by atoms with van der Waals surface area (Å²) in [5.74, 6) is 3.16. The van der Waals surface area contributed by atoms with Crippen molar-refractivity contribution in [2.24, 2.45) is 47.3 Å². The number of rotatable bonds is 45. The fraction of sp³-hybridized carbons (Fsp3) is 0.398. The first-order valence-corrected chi connectivity index (χ1v) is 49.1. The third-order valence-electron chi connectivity index (χ3n) is 23.7. The Morgan fingerprint density at radius 1 is 0.354 bits per heavy atom. The summed E-state index contributed by atoms with van der Waals surface area (Å²) in [7, 11) is 1.89. The monoisotopic (exact) mass is 2060 g/mol. The summed E-state index contributed by atoms with van der Waals surface area (Å²) in [4.78, 5) is 106. The van der Waals surface area contributed by atoms with Crippen molar-refractivity contribution in [2.45, 2.75) is 160 Å². The number of aliphatic hydroxyl groups excluding tert-OH is 1. The summed E-state index contributed by atoms with van der Waals surface area (Å²) in [5.41, 5.74) is 4.47. The SMILES string of the molecule is C.C.C.C.C=C(C)C(=O)OCOc1ccc(OC(=O)C2CCC(COc3ccc(OCC4CCC(C(=O)Oc5ccc(OCOC(=O)C(=C)C)cc5)CC4)c(C=N)c3)CC2)cc1.C=C(C)C(=O)OCOc1ccc(OC(=O)C2CCC(COc3ccc(OCC4CCC(C(=O)Oc5ccc(OCOC(=O)C(=C)C)cc5)CC4)c(C=N)c3)CC2)cc1.CNc1nc2ccccc2s1.OCCOCCNc1nc2ccccc2s1. The van der Waals surface area contributed by atoms with Gasteiger partial charge in [0, 0.05) is 59.4 Å². The van der Waals surface area contributed by atoms with Gasteiger partial charge in [-0.3, -0.25) is 19.2 Å². The molecule has 0 spiro atoms. The number of nitrogens with one attached hydrogen (secondary N) is 4. The Labute approximate surface area is 869 Å². The van der Waals surface area contributed by atoms with E-state index in [1.807, 2.05) is 67.7 Å². The van der Waals surface area contributed by atoms with Crippen LogP contribution in [0.4, 0.5) is 10.3 Å². The van der Waals surface area contributed by atoms with Gasteiger partial charge in [0.1, 0.15) is 69.0 Å². The molecular formula is C113H140N6O26S2. The van der Waals surface area contributed by atoms with Crippen molar-refractivity contribution in [3.63, 3.8) is 0 Å². The number of para-hydroxylation sites is 2. The van der Waals surface area contributed by atoms with Gasteiger partial charge in [-0.25, -0.2) is 29.1 Å². The molecule has 0 unspecified atom stereocenters. The number of anilines is 2. The fourth-order valence-corrected chi connectivity index (χ4v) is 17.2. The Morgan fingerprint density at radius 2 is 0.619 bits per heavy atom. The smallest absolute Gasteiger partial charge is 0.335 e. The minimum absolute atomic E-state index is 0. The first kappa shape index (κ1) is 119. The van der Waals surface area contributed by atoms with Crippen LogP contribution in [0.3, 0.4) is 0 Å². The molecule has 32 nitrogen and oxygen atoms in total. The molecule has 2 aromatic heterocycles. The Kier molecular flexibility index (Phi) is 51.2. The van der Waals surface area contributed by atoms with E-state index in [-0.39, 0.29) is 157 Å². The second-order valence-electron chi connectivity index (χ2n) is 34.8. The van der Waals surface area contributed by atoms with E-state index >= 15 is 0 Å². The van der Waals surface area contributed by atoms with E-state index in [0.29, 0.717) is 178 Å². The Morgan fingerprint density at radius 3 is 0.891 bits per heavy atom. The van der Waals surface area contributed by atoms with Crippen molar-refractivity contribution in [1.29, 1.82) is 10.8 Å². The van der Waals surface area contributed by atoms with Crippen LogP contribution < -0.4 is 67.5 Å². The van der Waals surface area contributed by atoms with Crippen LogP contribution in [0, 0.1) is 58.2 Å². The number of aliphatic hydroxyl groups is 1. The van der Waals surface area contributed by atoms with Crippen LogP contribution in [-0.2, 0) is 62.0 Å². The maximum absolute atomic E-state index is 12.9. The third kappa shape index (κ3) is 40.1. The van der Waals surface area contributed by atoms with Crippen LogP contribution in [0.25, 0.3) is 20.4 Å². The number of carbonyl (C=O) groups is 8. The predicted octanol–water partition coefficient (Wildman–Crippen LogP) is 23.0. The number of thiazole rings is 2. The quantitative estimate of drug-likeness (QED) is 0.00450. The van der Waals surface area contributed by atoms with E-state index < -0.39 is 23.9 Å². The van der Waals surface area contributed by atoms with Crippen LogP contribution in [0.15, 0.2) is 231 Å². The van der Waals surface area contributed by atoms with Crippen LogP contribution in [-0.4, -0.2) is 162 Å². The maximum Gasteiger partial charge on any atom is 0.335 e. The van der Waals surface area contributed by atoms with E-state index in [1.54, 1.807) is 160 Å². The molecule has 790 valence electrons. The average molecular weight is 2060 g/mol. The molecule has 4 aliphatic rings. The summed E-state index contributed by atoms with van der Waals surface area (Å²) in [6, 6.07) is 53.3. The average Bonchev–Trinajstić information content (AvgIpc) is 1.83. The van der Waals surface area contributed by atoms with Crippen LogP contribution in [0.2, 0.25) is 0 Å². The summed E-state index contributed by atoms with van der Waals surface area (Å²) in [6.45, 7) is 23.0. The largest absolute Gasteiger partial charge is 0.493 e. The fourth-order valence-electron chi connectivity index (χ4n) is 15.5. The van der Waals surface area contributed by atoms with Crippen LogP contribution >= 0.6 is 22.7 Å². The zero-order valence-electron chi connectivity index (χ0n) is 81.1. The molecule has 8 aromatic carbocycles. The molecule has 4 saturated carbocycles. The molecular weight excluding hydrogens is 1920 g/mol. The standard InChI is InChI=1S/2C45H51NO12.C11H14N2O2S.C8H8N2S.4CH4/c2*1-29(2)42(47)55-27-53-36-13-17-38(18-14-36)57-44(49)33-9-5-31(6-10-33)25-51-40-21-22-41(35(23-40)24-46)52-26-32-7-11-34(12-8-32)45(50)58-39-19-15-37(16-20-39)54-28-56-43(48)30(3)4;14-6-8-15-7-5-12-11-13-9-3-1-2-4-10(9)16-11;1-9-8-10-6-4-2-3-5-7(6)11-8;;;;/h2*13-24,31-34,46H,1,3,5-12,25-28H2,2,4H3;1-4,14H,5-8H2,(H,12,13);2-5H,1H3,(H,9,10);4*1H4. The number of hydrogen-bond donors (Lipinski definition) is 5. The molecule has 34 heteroatoms. The topological polar surface area (TPSA) is 411 Å². The number of hydrogen-bond acceptors (Lipinski definition) is 34. The second kappa shape index (κ2) is 63.0. The molecule has 0 aliphatic heterocycles. The number of carbonyl (C=O) groups excluding carboxylic acids is 8. The molecule has 147 heavy (non-hydrogen) atoms. The van der Waals surface area contributed by atoms with Gasteiger partial charge in [0.2, 0.25) is 27.2 Å². The van der Waals surface area contributed by atoms with Crippen molar-refractivity contribution in [2.75, 3.05) is 97.6 Å². The molecule has 0 amide bonds. The molecule has 14 rings (SSSR count). The van der Waals surface area contributed by atoms with Gasteiger partial charge in [0.25, 0.3) is 0 Å². The van der Waals surface area contributed by atoms with Gasteiger partial charge in [-0.05, 0) is 312 Å². The predicted molar refractivity (Wildman–Crippen MR) is 568 cm³/mol. The van der Waals surface area contributed by atoms with Gasteiger partial charge in [-0.2, -0.15) is 0 Å². The minimum atomic E-state index is -0.535. The Hall–Kier alpha value is -14.5. The lowest BCUT2D eigenvalue weighted by atomic mass is 9.82. The highest BCUT2D eigenvalue weighted by molar-refractivity contribution is 7.22. The summed E-state index contributed by atoms with van der Waals surface area (Å²) >= 11 is 3.31. The van der Waals surface area contributed by atoms with Gasteiger partial charge in [-0.15, -0.1) is 0 Å². The summed E-state index contributed by atoms with van der Waals surface area (Å²) in [5, 5.41) is 32.6. The van der Waals surface area contributed by atoms with Crippen LogP contribution in [0.1, 0.15) is 171 Å². The Balaban J connectivity index is 0.000000308. The van der Waals surface area contributed by atoms with Crippen molar-refractivity contribution < 1.29 is 124 Å². The number of aromatic nitrogens is 2. The van der Waals surface area contributed by atoms with Crippen molar-refractivity contribution >= 4 is 114 Å². The molecule has 0 atom stereocenters. The molecule has 0 bridgehead atoms. The van der Waals surface area contributed by atoms with Gasteiger partial charge in [0.15, 0.2) is 10.3 Å². The second-order valence-corrected chi connectivity index (χ2v) is 36.8. The van der Waals surface area contributed by atoms with E-state index in [4.69, 9.17) is 96.5 Å². The highest BCUT2D eigenvalue weighted by Gasteiger charge is 2.34. The molecule has 10 aromatic rings. The zero-order valence-corrected chi connectivity index (χ0v) is 82.7. The molecule has 4 aliphatic carbocycles. The lowest BCUT2D eigenvalue weighted by Crippen LogP contribution is -2.28. The van der Waals surface area contributed by atoms with Gasteiger partial charge in [0.05, 0.1) is 90.4 Å². The molecule has 4 fully saturated rings. The molecule has 0 radical (unpaired) electrons. The number of esters is 8. The number of nitrogens with zero attached hydrogens (tertiary/aromatic N) is 2. The Bertz CT molecular complexity index is 5550. The molecule has 2 heterocycles. The molecule has 5 N–H and O–H groups in total. The van der Waals surface area contributed by atoms with E-state index in [2.05, 4.69) is 59.1 Å². The van der Waals surface area contributed by atoms with E-state index in [0.717, 1.165) is 72.7 Å². The summed E-state index contributed by atoms with van der Waals surface area (Å²) in [6.07, 6.45) is 14.7. The number of ether oxygens (including phenoxy) is 17. The maximum atomic E-state index is 12.9. The summed E-state index contributed by atoms with van der Waals surface area (Å²) < 4.78 is 95.7. The first-order valence-electron chi connectivity index (χ1n) is 47.4. The van der Waals surface area contributed by atoms with Crippen molar-refractivity contribution in [3.05, 3.63) is 242 Å². The molecule has 0 saturated heterocycles. The number of benzene rings is 8. The van der Waals surface area contributed by atoms with Crippen molar-refractivity contribution in [3.8, 4) is 69.0 Å². The minimum Gasteiger partial charge on any atom is -0.493 e. The van der Waals surface area contributed by atoms with E-state index in [1.165, 1.54) is 21.8 Å². The van der Waals surface area contributed by atoms with Gasteiger partial charge >= 0.3 is 47.8 Å². The zero-order chi connectivity index (χ0) is 102. The van der Waals surface area contributed by atoms with Gasteiger partial charge in [-0.1, -0.05) is 103 Å².